The second kappa shape index (κ2) is 6.81. The molecule has 0 N–H and O–H groups in total. The van der Waals surface area contributed by atoms with Crippen molar-refractivity contribution in [3.8, 4) is 5.75 Å². The highest BCUT2D eigenvalue weighted by molar-refractivity contribution is 6.66. The molecule has 0 aliphatic rings. The van der Waals surface area contributed by atoms with Crippen LogP contribution in [-0.4, -0.2) is 25.0 Å². The molecule has 1 aromatic rings. The SMILES string of the molecule is C=NC(Cl)=NC(C)=NCc1ccc(OC)cc1. The zero-order valence-electron chi connectivity index (χ0n) is 9.85. The maximum absolute atomic E-state index is 5.60. The number of amidine groups is 2. The van der Waals surface area contributed by atoms with Crippen molar-refractivity contribution in [1.82, 2.24) is 0 Å². The van der Waals surface area contributed by atoms with E-state index in [0.29, 0.717) is 12.4 Å². The molecule has 0 amide bonds. The number of methoxy groups -OCH3 is 1. The van der Waals surface area contributed by atoms with Gasteiger partial charge in [0, 0.05) is 0 Å². The second-order valence-corrected chi connectivity index (χ2v) is 3.59. The van der Waals surface area contributed by atoms with Crippen LogP contribution in [-0.2, 0) is 6.54 Å². The smallest absolute Gasteiger partial charge is 0.223 e. The molecule has 1 rings (SSSR count). The lowest BCUT2D eigenvalue weighted by Gasteiger charge is -2.00. The normalized spacial score (nSPS) is 12.4. The minimum absolute atomic E-state index is 0.0981. The molecule has 0 unspecified atom stereocenters. The summed E-state index contributed by atoms with van der Waals surface area (Å²) in [7, 11) is 1.64. The predicted molar refractivity (Wildman–Crippen MR) is 72.6 cm³/mol. The molecule has 0 fully saturated rings. The van der Waals surface area contributed by atoms with Gasteiger partial charge in [-0.2, -0.15) is 0 Å². The molecule has 5 heteroatoms. The Labute approximate surface area is 106 Å². The molecule has 0 spiro atoms. The lowest BCUT2D eigenvalue weighted by atomic mass is 10.2. The van der Waals surface area contributed by atoms with Crippen molar-refractivity contribution in [3.05, 3.63) is 29.8 Å². The van der Waals surface area contributed by atoms with Crippen LogP contribution in [0.1, 0.15) is 12.5 Å². The van der Waals surface area contributed by atoms with E-state index in [9.17, 15) is 0 Å². The molecule has 17 heavy (non-hydrogen) atoms. The van der Waals surface area contributed by atoms with Crippen LogP contribution in [0.15, 0.2) is 39.2 Å². The first-order valence-electron chi connectivity index (χ1n) is 5.00. The Hall–Kier alpha value is -1.68. The summed E-state index contributed by atoms with van der Waals surface area (Å²) >= 11 is 5.60. The average Bonchev–Trinajstić information content (AvgIpc) is 2.36. The number of hydrogen-bond acceptors (Lipinski definition) is 2. The number of nitrogens with zero attached hydrogens (tertiary/aromatic N) is 3. The van der Waals surface area contributed by atoms with Crippen molar-refractivity contribution in [3.63, 3.8) is 0 Å². The summed E-state index contributed by atoms with van der Waals surface area (Å²) < 4.78 is 5.07. The Morgan fingerprint density at radius 2 is 2.00 bits per heavy atom. The number of hydrogen-bond donors (Lipinski definition) is 0. The highest BCUT2D eigenvalue weighted by Crippen LogP contribution is 2.11. The number of aliphatic imine (C=N–C) groups is 3. The summed E-state index contributed by atoms with van der Waals surface area (Å²) in [5.41, 5.74) is 1.07. The molecule has 0 saturated carbocycles. The van der Waals surface area contributed by atoms with Crippen LogP contribution >= 0.6 is 11.6 Å². The second-order valence-electron chi connectivity index (χ2n) is 3.25. The molecule has 0 aromatic heterocycles. The number of ether oxygens (including phenoxy) is 1. The van der Waals surface area contributed by atoms with Gasteiger partial charge in [-0.25, -0.2) is 9.98 Å². The molecule has 0 aliphatic carbocycles. The van der Waals surface area contributed by atoms with Gasteiger partial charge in [0.25, 0.3) is 0 Å². The molecule has 0 radical (unpaired) electrons. The van der Waals surface area contributed by atoms with Gasteiger partial charge in [-0.15, -0.1) is 0 Å². The van der Waals surface area contributed by atoms with E-state index < -0.39 is 0 Å². The summed E-state index contributed by atoms with van der Waals surface area (Å²) in [4.78, 5) is 11.7. The molecule has 0 atom stereocenters. The lowest BCUT2D eigenvalue weighted by molar-refractivity contribution is 0.414. The van der Waals surface area contributed by atoms with E-state index in [1.54, 1.807) is 14.0 Å². The Kier molecular flexibility index (Phi) is 5.36. The molecule has 0 aliphatic heterocycles. The molecule has 4 nitrogen and oxygen atoms in total. The Morgan fingerprint density at radius 3 is 2.53 bits per heavy atom. The van der Waals surface area contributed by atoms with Crippen molar-refractivity contribution < 1.29 is 4.74 Å². The number of benzene rings is 1. The quantitative estimate of drug-likeness (QED) is 0.463. The Morgan fingerprint density at radius 1 is 1.35 bits per heavy atom. The number of rotatable bonds is 3. The van der Waals surface area contributed by atoms with E-state index >= 15 is 0 Å². The van der Waals surface area contributed by atoms with E-state index in [1.807, 2.05) is 24.3 Å². The lowest BCUT2D eigenvalue weighted by Crippen LogP contribution is -1.92. The molecule has 1 aromatic carbocycles. The largest absolute Gasteiger partial charge is 0.497 e. The van der Waals surface area contributed by atoms with Crippen LogP contribution < -0.4 is 4.74 Å². The zero-order valence-corrected chi connectivity index (χ0v) is 10.6. The summed E-state index contributed by atoms with van der Waals surface area (Å²) in [6.45, 7) is 5.57. The summed E-state index contributed by atoms with van der Waals surface area (Å²) in [6, 6.07) is 7.68. The van der Waals surface area contributed by atoms with Crippen molar-refractivity contribution >= 4 is 29.4 Å². The van der Waals surface area contributed by atoms with E-state index in [2.05, 4.69) is 21.7 Å². The highest BCUT2D eigenvalue weighted by atomic mass is 35.5. The van der Waals surface area contributed by atoms with Crippen molar-refractivity contribution in [2.24, 2.45) is 15.0 Å². The van der Waals surface area contributed by atoms with Gasteiger partial charge in [0.2, 0.25) is 5.29 Å². The third-order valence-corrected chi connectivity index (χ3v) is 2.24. The van der Waals surface area contributed by atoms with E-state index in [-0.39, 0.29) is 5.29 Å². The zero-order chi connectivity index (χ0) is 12.7. The van der Waals surface area contributed by atoms with Gasteiger partial charge < -0.3 is 4.74 Å². The van der Waals surface area contributed by atoms with E-state index in [1.165, 1.54) is 0 Å². The standard InChI is InChI=1S/C12H14ClN3O/c1-9(16-12(13)14-2)15-8-10-4-6-11(17-3)7-5-10/h4-7H,2,8H2,1,3H3. The van der Waals surface area contributed by atoms with Gasteiger partial charge in [0.15, 0.2) is 0 Å². The summed E-state index contributed by atoms with van der Waals surface area (Å²) in [6.07, 6.45) is 0. The van der Waals surface area contributed by atoms with Gasteiger partial charge in [-0.1, -0.05) is 12.1 Å². The van der Waals surface area contributed by atoms with Crippen molar-refractivity contribution in [2.45, 2.75) is 13.5 Å². The highest BCUT2D eigenvalue weighted by Gasteiger charge is 1.94. The first-order chi connectivity index (χ1) is 8.15. The van der Waals surface area contributed by atoms with Crippen LogP contribution in [0.3, 0.4) is 0 Å². The van der Waals surface area contributed by atoms with Crippen molar-refractivity contribution in [2.75, 3.05) is 7.11 Å². The van der Waals surface area contributed by atoms with E-state index in [0.717, 1.165) is 11.3 Å². The number of halogens is 1. The molecular formula is C12H14ClN3O. The first kappa shape index (κ1) is 13.4. The molecule has 90 valence electrons. The van der Waals surface area contributed by atoms with Gasteiger partial charge in [0.1, 0.15) is 11.6 Å². The monoisotopic (exact) mass is 251 g/mol. The average molecular weight is 252 g/mol. The van der Waals surface area contributed by atoms with Gasteiger partial charge in [0.05, 0.1) is 13.7 Å². The fourth-order valence-corrected chi connectivity index (χ4v) is 1.26. The van der Waals surface area contributed by atoms with Gasteiger partial charge in [-0.05, 0) is 42.9 Å². The van der Waals surface area contributed by atoms with Gasteiger partial charge >= 0.3 is 0 Å². The summed E-state index contributed by atoms with van der Waals surface area (Å²) in [5.74, 6) is 1.39. The van der Waals surface area contributed by atoms with Crippen molar-refractivity contribution in [1.29, 1.82) is 0 Å². The summed E-state index contributed by atoms with van der Waals surface area (Å²) in [5, 5.41) is 0.0981. The fraction of sp³-hybridized carbons (Fsp3) is 0.250. The molecule has 0 bridgehead atoms. The van der Waals surface area contributed by atoms with Crippen LogP contribution in [0.2, 0.25) is 0 Å². The minimum atomic E-state index is 0.0981. The van der Waals surface area contributed by atoms with E-state index in [4.69, 9.17) is 16.3 Å². The predicted octanol–water partition coefficient (Wildman–Crippen LogP) is 2.91. The Bertz CT molecular complexity index is 438. The van der Waals surface area contributed by atoms with Crippen LogP contribution in [0, 0.1) is 0 Å². The fourth-order valence-electron chi connectivity index (χ4n) is 1.14. The Balaban J connectivity index is 2.65. The molecule has 0 saturated heterocycles. The first-order valence-corrected chi connectivity index (χ1v) is 5.38. The molecular weight excluding hydrogens is 238 g/mol. The van der Waals surface area contributed by atoms with Gasteiger partial charge in [-0.3, -0.25) is 4.99 Å². The maximum atomic E-state index is 5.60. The third-order valence-electron chi connectivity index (χ3n) is 2.03. The molecule has 0 heterocycles. The maximum Gasteiger partial charge on any atom is 0.223 e. The van der Waals surface area contributed by atoms with Crippen LogP contribution in [0.4, 0.5) is 0 Å². The topological polar surface area (TPSA) is 46.3 Å². The van der Waals surface area contributed by atoms with Crippen LogP contribution in [0.5, 0.6) is 5.75 Å². The minimum Gasteiger partial charge on any atom is -0.497 e. The third kappa shape index (κ3) is 4.78. The van der Waals surface area contributed by atoms with Crippen LogP contribution in [0.25, 0.3) is 0 Å².